The Morgan fingerprint density at radius 3 is 2.34 bits per heavy atom. The summed E-state index contributed by atoms with van der Waals surface area (Å²) in [6.45, 7) is 2.83. The number of carbonyl (C=O) groups excluding carboxylic acids is 1. The fourth-order valence-electron chi connectivity index (χ4n) is 4.56. The Morgan fingerprint density at radius 1 is 1.07 bits per heavy atom. The molecule has 0 saturated carbocycles. The summed E-state index contributed by atoms with van der Waals surface area (Å²) >= 11 is 0. The van der Waals surface area contributed by atoms with E-state index in [0.29, 0.717) is 18.8 Å². The summed E-state index contributed by atoms with van der Waals surface area (Å²) in [7, 11) is -4.34. The molecule has 0 radical (unpaired) electrons. The maximum absolute atomic E-state index is 15.1. The summed E-state index contributed by atoms with van der Waals surface area (Å²) in [6, 6.07) is 8.31. The van der Waals surface area contributed by atoms with Crippen LogP contribution in [0.3, 0.4) is 0 Å². The van der Waals surface area contributed by atoms with E-state index >= 15 is 4.39 Å². The number of carbonyl (C=O) groups is 3. The fraction of sp³-hybridized carbons (Fsp3) is 0.385. The number of hydrogen-bond donors (Lipinski definition) is 6. The molecule has 220 valence electrons. The van der Waals surface area contributed by atoms with Crippen LogP contribution in [0.5, 0.6) is 0 Å². The smallest absolute Gasteiger partial charge is 0.335 e. The van der Waals surface area contributed by atoms with Crippen molar-refractivity contribution in [1.82, 2.24) is 20.7 Å². The Hall–Kier alpha value is -4.24. The highest BCUT2D eigenvalue weighted by Crippen LogP contribution is 2.24. The van der Waals surface area contributed by atoms with Crippen LogP contribution in [0.15, 0.2) is 52.4 Å². The van der Waals surface area contributed by atoms with Gasteiger partial charge in [0.1, 0.15) is 12.0 Å². The molecule has 1 fully saturated rings. The zero-order valence-electron chi connectivity index (χ0n) is 22.0. The summed E-state index contributed by atoms with van der Waals surface area (Å²) in [5.41, 5.74) is 0.0582. The highest BCUT2D eigenvalue weighted by atomic mass is 32.2. The third-order valence-corrected chi connectivity index (χ3v) is 8.16. The highest BCUT2D eigenvalue weighted by Gasteiger charge is 2.26. The minimum atomic E-state index is -4.34. The third-order valence-electron chi connectivity index (χ3n) is 6.68. The SMILES string of the molecule is O=C(O)CC(NC(=O)c1ccc(N2CCC(NC3=NCCCN3)CC2)c(F)c1)NS(=O)(=O)c1ccc(C(=O)O)cc1. The summed E-state index contributed by atoms with van der Waals surface area (Å²) in [5.74, 6) is -3.38. The minimum Gasteiger partial charge on any atom is -0.481 e. The minimum absolute atomic E-state index is 0.121. The van der Waals surface area contributed by atoms with Crippen molar-refractivity contribution in [3.63, 3.8) is 0 Å². The van der Waals surface area contributed by atoms with Crippen molar-refractivity contribution < 1.29 is 37.4 Å². The first-order chi connectivity index (χ1) is 19.5. The standard InChI is InChI=1S/C26H31FN6O7S/c27-20-14-17(4-7-21(20)33-12-8-18(9-13-33)30-26-28-10-1-11-29-26)24(36)31-22(15-23(34)35)32-41(39,40)19-5-2-16(3-6-19)25(37)38/h2-7,14,18,22,32H,1,8-13,15H2,(H,31,36)(H,34,35)(H,37,38)(H2,28,29,30). The third kappa shape index (κ3) is 7.91. The number of aromatic carboxylic acids is 1. The average Bonchev–Trinajstić information content (AvgIpc) is 2.93. The van der Waals surface area contributed by atoms with E-state index < -0.39 is 46.3 Å². The van der Waals surface area contributed by atoms with Crippen molar-refractivity contribution in [2.45, 2.75) is 42.8 Å². The molecule has 4 rings (SSSR count). The van der Waals surface area contributed by atoms with Crippen molar-refractivity contribution in [2.75, 3.05) is 31.1 Å². The number of guanidine groups is 1. The van der Waals surface area contributed by atoms with Gasteiger partial charge < -0.3 is 31.1 Å². The summed E-state index contributed by atoms with van der Waals surface area (Å²) < 4.78 is 42.7. The van der Waals surface area contributed by atoms with E-state index in [0.717, 1.165) is 68.6 Å². The van der Waals surface area contributed by atoms with Gasteiger partial charge in [-0.1, -0.05) is 0 Å². The van der Waals surface area contributed by atoms with Crippen molar-refractivity contribution in [3.8, 4) is 0 Å². The van der Waals surface area contributed by atoms with Crippen molar-refractivity contribution in [1.29, 1.82) is 0 Å². The predicted molar refractivity (Wildman–Crippen MR) is 147 cm³/mol. The number of piperidine rings is 1. The van der Waals surface area contributed by atoms with E-state index in [-0.39, 0.29) is 22.1 Å². The molecule has 13 nitrogen and oxygen atoms in total. The average molecular weight is 591 g/mol. The molecule has 2 aromatic carbocycles. The van der Waals surface area contributed by atoms with E-state index in [1.165, 1.54) is 12.1 Å². The molecule has 2 aliphatic heterocycles. The van der Waals surface area contributed by atoms with Gasteiger partial charge in [0.2, 0.25) is 10.0 Å². The number of nitrogens with one attached hydrogen (secondary N) is 4. The van der Waals surface area contributed by atoms with Crippen LogP contribution in [0, 0.1) is 5.82 Å². The lowest BCUT2D eigenvalue weighted by Crippen LogP contribution is -2.50. The van der Waals surface area contributed by atoms with Crippen LogP contribution in [-0.2, 0) is 14.8 Å². The van der Waals surface area contributed by atoms with Crippen molar-refractivity contribution >= 4 is 39.5 Å². The fourth-order valence-corrected chi connectivity index (χ4v) is 5.71. The number of nitrogens with zero attached hydrogens (tertiary/aromatic N) is 2. The van der Waals surface area contributed by atoms with Crippen LogP contribution >= 0.6 is 0 Å². The quantitative estimate of drug-likeness (QED) is 0.217. The molecule has 1 amide bonds. The Bertz CT molecular complexity index is 1430. The number of anilines is 1. The first-order valence-electron chi connectivity index (χ1n) is 13.0. The van der Waals surface area contributed by atoms with Gasteiger partial charge in [-0.15, -0.1) is 0 Å². The molecule has 6 N–H and O–H groups in total. The Labute approximate surface area is 235 Å². The zero-order valence-corrected chi connectivity index (χ0v) is 22.8. The monoisotopic (exact) mass is 590 g/mol. The zero-order chi connectivity index (χ0) is 29.6. The summed E-state index contributed by atoms with van der Waals surface area (Å²) in [6.07, 6.45) is 0.152. The Kier molecular flexibility index (Phi) is 9.39. The van der Waals surface area contributed by atoms with E-state index in [4.69, 9.17) is 5.11 Å². The Balaban J connectivity index is 1.38. The predicted octanol–water partition coefficient (Wildman–Crippen LogP) is 0.941. The normalized spacial score (nSPS) is 16.7. The molecule has 0 bridgehead atoms. The number of aliphatic imine (C=N–C) groups is 1. The number of hydrogen-bond acceptors (Lipinski definition) is 9. The van der Waals surface area contributed by atoms with Gasteiger partial charge in [-0.2, -0.15) is 4.72 Å². The number of aliphatic carboxylic acids is 1. The molecule has 1 saturated heterocycles. The molecule has 1 atom stereocenters. The lowest BCUT2D eigenvalue weighted by Gasteiger charge is -2.35. The number of amides is 1. The second-order valence-electron chi connectivity index (χ2n) is 9.66. The molecule has 15 heteroatoms. The first kappa shape index (κ1) is 29.7. The molecule has 1 unspecified atom stereocenters. The van der Waals surface area contributed by atoms with Crippen LogP contribution in [0.2, 0.25) is 0 Å². The molecule has 0 aliphatic carbocycles. The van der Waals surface area contributed by atoms with Gasteiger partial charge in [0.15, 0.2) is 5.96 Å². The number of sulfonamides is 1. The topological polar surface area (TPSA) is 190 Å². The first-order valence-corrected chi connectivity index (χ1v) is 14.5. The van der Waals surface area contributed by atoms with Crippen LogP contribution in [-0.4, -0.2) is 80.8 Å². The van der Waals surface area contributed by atoms with Crippen molar-refractivity contribution in [2.24, 2.45) is 4.99 Å². The largest absolute Gasteiger partial charge is 0.481 e. The molecule has 2 aromatic rings. The van der Waals surface area contributed by atoms with E-state index in [9.17, 15) is 27.9 Å². The van der Waals surface area contributed by atoms with Gasteiger partial charge in [0, 0.05) is 37.8 Å². The number of rotatable bonds is 10. The molecule has 41 heavy (non-hydrogen) atoms. The number of carboxylic acids is 2. The van der Waals surface area contributed by atoms with Gasteiger partial charge in [0.25, 0.3) is 5.91 Å². The van der Waals surface area contributed by atoms with Crippen molar-refractivity contribution in [3.05, 3.63) is 59.4 Å². The lowest BCUT2D eigenvalue weighted by molar-refractivity contribution is -0.137. The second-order valence-corrected chi connectivity index (χ2v) is 11.4. The molecular formula is C26H31FN6O7S. The van der Waals surface area contributed by atoms with Crippen LogP contribution in [0.1, 0.15) is 46.4 Å². The molecular weight excluding hydrogens is 559 g/mol. The molecule has 2 heterocycles. The van der Waals surface area contributed by atoms with Gasteiger partial charge in [-0.05, 0) is 61.7 Å². The molecule has 0 spiro atoms. The maximum atomic E-state index is 15.1. The van der Waals surface area contributed by atoms with Crippen LogP contribution in [0.4, 0.5) is 10.1 Å². The molecule has 0 aromatic heterocycles. The van der Waals surface area contributed by atoms with Gasteiger partial charge in [0.05, 0.1) is 22.6 Å². The summed E-state index contributed by atoms with van der Waals surface area (Å²) in [5, 5.41) is 27.1. The Morgan fingerprint density at radius 2 is 1.76 bits per heavy atom. The lowest BCUT2D eigenvalue weighted by atomic mass is 10.0. The number of halogens is 1. The second kappa shape index (κ2) is 13.0. The van der Waals surface area contributed by atoms with Crippen LogP contribution < -0.4 is 25.6 Å². The van der Waals surface area contributed by atoms with E-state index in [1.807, 2.05) is 4.90 Å². The molecule has 2 aliphatic rings. The maximum Gasteiger partial charge on any atom is 0.335 e. The van der Waals surface area contributed by atoms with Gasteiger partial charge in [-0.3, -0.25) is 14.6 Å². The van der Waals surface area contributed by atoms with E-state index in [1.54, 1.807) is 0 Å². The van der Waals surface area contributed by atoms with Gasteiger partial charge in [-0.25, -0.2) is 17.6 Å². The van der Waals surface area contributed by atoms with Gasteiger partial charge >= 0.3 is 11.9 Å². The van der Waals surface area contributed by atoms with E-state index in [2.05, 4.69) is 25.7 Å². The summed E-state index contributed by atoms with van der Waals surface area (Å²) in [4.78, 5) is 41.2. The number of carboxylic acid groups (broad SMARTS) is 2. The highest BCUT2D eigenvalue weighted by molar-refractivity contribution is 7.89. The number of benzene rings is 2. The van der Waals surface area contributed by atoms with Crippen LogP contribution in [0.25, 0.3) is 0 Å².